The first-order chi connectivity index (χ1) is 5.66. The standard InChI is InChI=1S/C8H15NO3/c1-6-3-4-9(6)7(5-12-2)8(10)11/h6-7H,3-5H2,1-2H3,(H,10,11). The summed E-state index contributed by atoms with van der Waals surface area (Å²) in [6.45, 7) is 3.19. The fourth-order valence-corrected chi connectivity index (χ4v) is 1.47. The number of carbonyl (C=O) groups is 1. The molecule has 1 saturated heterocycles. The number of rotatable bonds is 4. The molecule has 0 radical (unpaired) electrons. The highest BCUT2D eigenvalue weighted by molar-refractivity contribution is 5.73. The van der Waals surface area contributed by atoms with E-state index in [-0.39, 0.29) is 6.61 Å². The van der Waals surface area contributed by atoms with Crippen LogP contribution in [-0.4, -0.2) is 48.3 Å². The molecule has 4 heteroatoms. The Labute approximate surface area is 72.1 Å². The van der Waals surface area contributed by atoms with Crippen LogP contribution in [0.3, 0.4) is 0 Å². The van der Waals surface area contributed by atoms with Gasteiger partial charge in [-0.2, -0.15) is 0 Å². The molecule has 0 aliphatic carbocycles. The van der Waals surface area contributed by atoms with Crippen LogP contribution in [0.1, 0.15) is 13.3 Å². The molecule has 0 aromatic rings. The van der Waals surface area contributed by atoms with Crippen molar-refractivity contribution in [2.75, 3.05) is 20.3 Å². The molecule has 1 aliphatic heterocycles. The molecule has 1 fully saturated rings. The number of ether oxygens (including phenoxy) is 1. The molecule has 70 valence electrons. The van der Waals surface area contributed by atoms with E-state index in [0.717, 1.165) is 13.0 Å². The Morgan fingerprint density at radius 3 is 2.75 bits per heavy atom. The first-order valence-corrected chi connectivity index (χ1v) is 4.14. The molecule has 1 aliphatic rings. The Morgan fingerprint density at radius 2 is 2.50 bits per heavy atom. The van der Waals surface area contributed by atoms with Crippen LogP contribution in [0.4, 0.5) is 0 Å². The van der Waals surface area contributed by atoms with Gasteiger partial charge in [0.25, 0.3) is 0 Å². The molecule has 4 nitrogen and oxygen atoms in total. The zero-order valence-electron chi connectivity index (χ0n) is 7.49. The minimum atomic E-state index is -0.789. The quantitative estimate of drug-likeness (QED) is 0.659. The summed E-state index contributed by atoms with van der Waals surface area (Å²) in [5.74, 6) is -0.789. The van der Waals surface area contributed by atoms with E-state index in [1.54, 1.807) is 0 Å². The van der Waals surface area contributed by atoms with Gasteiger partial charge in [0.15, 0.2) is 0 Å². The Bertz CT molecular complexity index is 172. The first-order valence-electron chi connectivity index (χ1n) is 4.14. The van der Waals surface area contributed by atoms with E-state index in [9.17, 15) is 4.79 Å². The topological polar surface area (TPSA) is 49.8 Å². The van der Waals surface area contributed by atoms with Crippen molar-refractivity contribution in [3.8, 4) is 0 Å². The van der Waals surface area contributed by atoms with Crippen LogP contribution in [0.15, 0.2) is 0 Å². The van der Waals surface area contributed by atoms with Crippen LogP contribution in [0.5, 0.6) is 0 Å². The highest BCUT2D eigenvalue weighted by Crippen LogP contribution is 2.20. The molecule has 1 N–H and O–H groups in total. The smallest absolute Gasteiger partial charge is 0.323 e. The van der Waals surface area contributed by atoms with Crippen molar-refractivity contribution < 1.29 is 14.6 Å². The Balaban J connectivity index is 2.47. The van der Waals surface area contributed by atoms with E-state index in [2.05, 4.69) is 0 Å². The lowest BCUT2D eigenvalue weighted by Crippen LogP contribution is -2.56. The largest absolute Gasteiger partial charge is 0.480 e. The van der Waals surface area contributed by atoms with Gasteiger partial charge in [-0.1, -0.05) is 0 Å². The van der Waals surface area contributed by atoms with Gasteiger partial charge in [0.05, 0.1) is 6.61 Å². The molecule has 2 unspecified atom stereocenters. The van der Waals surface area contributed by atoms with E-state index >= 15 is 0 Å². The second-order valence-corrected chi connectivity index (χ2v) is 3.18. The minimum absolute atomic E-state index is 0.277. The highest BCUT2D eigenvalue weighted by atomic mass is 16.5. The number of likely N-dealkylation sites (tertiary alicyclic amines) is 1. The number of aliphatic carboxylic acids is 1. The molecular formula is C8H15NO3. The maximum atomic E-state index is 10.7. The maximum Gasteiger partial charge on any atom is 0.323 e. The van der Waals surface area contributed by atoms with Crippen molar-refractivity contribution in [1.82, 2.24) is 4.90 Å². The van der Waals surface area contributed by atoms with Gasteiger partial charge in [-0.15, -0.1) is 0 Å². The van der Waals surface area contributed by atoms with Gasteiger partial charge < -0.3 is 9.84 Å². The zero-order valence-corrected chi connectivity index (χ0v) is 7.49. The molecule has 1 heterocycles. The molecule has 0 aromatic carbocycles. The fraction of sp³-hybridized carbons (Fsp3) is 0.875. The summed E-state index contributed by atoms with van der Waals surface area (Å²) in [6.07, 6.45) is 1.09. The van der Waals surface area contributed by atoms with E-state index in [1.807, 2.05) is 11.8 Å². The SMILES string of the molecule is COCC(C(=O)O)N1CCC1C. The summed E-state index contributed by atoms with van der Waals surface area (Å²) in [5, 5.41) is 8.84. The molecule has 0 amide bonds. The number of carboxylic acids is 1. The summed E-state index contributed by atoms with van der Waals surface area (Å²) in [7, 11) is 1.53. The number of methoxy groups -OCH3 is 1. The highest BCUT2D eigenvalue weighted by Gasteiger charge is 2.34. The first kappa shape index (κ1) is 9.48. The number of hydrogen-bond donors (Lipinski definition) is 1. The number of hydrogen-bond acceptors (Lipinski definition) is 3. The van der Waals surface area contributed by atoms with Gasteiger partial charge >= 0.3 is 5.97 Å². The normalized spacial score (nSPS) is 26.3. The summed E-state index contributed by atoms with van der Waals surface area (Å²) in [5.41, 5.74) is 0. The number of nitrogens with zero attached hydrogens (tertiary/aromatic N) is 1. The molecule has 12 heavy (non-hydrogen) atoms. The van der Waals surface area contributed by atoms with Crippen molar-refractivity contribution in [2.45, 2.75) is 25.4 Å². The monoisotopic (exact) mass is 173 g/mol. The Kier molecular flexibility index (Phi) is 3.05. The molecule has 1 rings (SSSR count). The van der Waals surface area contributed by atoms with Gasteiger partial charge in [-0.25, -0.2) is 0 Å². The third-order valence-electron chi connectivity index (χ3n) is 2.38. The van der Waals surface area contributed by atoms with Crippen LogP contribution in [0.25, 0.3) is 0 Å². The predicted molar refractivity (Wildman–Crippen MR) is 44.1 cm³/mol. The Morgan fingerprint density at radius 1 is 1.83 bits per heavy atom. The second-order valence-electron chi connectivity index (χ2n) is 3.18. The van der Waals surface area contributed by atoms with Crippen LogP contribution in [0.2, 0.25) is 0 Å². The van der Waals surface area contributed by atoms with Gasteiger partial charge in [-0.3, -0.25) is 9.69 Å². The minimum Gasteiger partial charge on any atom is -0.480 e. The van der Waals surface area contributed by atoms with Gasteiger partial charge in [-0.05, 0) is 13.3 Å². The third-order valence-corrected chi connectivity index (χ3v) is 2.38. The average molecular weight is 173 g/mol. The maximum absolute atomic E-state index is 10.7. The van der Waals surface area contributed by atoms with Gasteiger partial charge in [0, 0.05) is 19.7 Å². The third kappa shape index (κ3) is 1.76. The van der Waals surface area contributed by atoms with Crippen molar-refractivity contribution in [3.05, 3.63) is 0 Å². The van der Waals surface area contributed by atoms with Crippen molar-refractivity contribution >= 4 is 5.97 Å². The molecule has 2 atom stereocenters. The fourth-order valence-electron chi connectivity index (χ4n) is 1.47. The van der Waals surface area contributed by atoms with Crippen molar-refractivity contribution in [3.63, 3.8) is 0 Å². The van der Waals surface area contributed by atoms with E-state index < -0.39 is 12.0 Å². The summed E-state index contributed by atoms with van der Waals surface area (Å²) in [4.78, 5) is 12.7. The lowest BCUT2D eigenvalue weighted by atomic mass is 10.0. The van der Waals surface area contributed by atoms with Crippen LogP contribution in [-0.2, 0) is 9.53 Å². The van der Waals surface area contributed by atoms with Gasteiger partial charge in [0.1, 0.15) is 6.04 Å². The van der Waals surface area contributed by atoms with Gasteiger partial charge in [0.2, 0.25) is 0 Å². The molecule has 0 aromatic heterocycles. The molecular weight excluding hydrogens is 158 g/mol. The lowest BCUT2D eigenvalue weighted by molar-refractivity contribution is -0.149. The Hall–Kier alpha value is -0.610. The summed E-state index contributed by atoms with van der Waals surface area (Å²) >= 11 is 0. The summed E-state index contributed by atoms with van der Waals surface area (Å²) < 4.78 is 4.85. The summed E-state index contributed by atoms with van der Waals surface area (Å²) in [6, 6.07) is -0.0694. The second kappa shape index (κ2) is 3.87. The van der Waals surface area contributed by atoms with E-state index in [0.29, 0.717) is 6.04 Å². The molecule has 0 spiro atoms. The number of carboxylic acid groups (broad SMARTS) is 1. The van der Waals surface area contributed by atoms with Crippen molar-refractivity contribution in [2.24, 2.45) is 0 Å². The predicted octanol–water partition coefficient (Wildman–Crippen LogP) is 0.180. The molecule has 0 bridgehead atoms. The average Bonchev–Trinajstić information content (AvgIpc) is 2.01. The van der Waals surface area contributed by atoms with Crippen LogP contribution < -0.4 is 0 Å². The lowest BCUT2D eigenvalue weighted by Gasteiger charge is -2.42. The zero-order chi connectivity index (χ0) is 9.14. The van der Waals surface area contributed by atoms with Crippen LogP contribution >= 0.6 is 0 Å². The van der Waals surface area contributed by atoms with E-state index in [4.69, 9.17) is 9.84 Å². The van der Waals surface area contributed by atoms with Crippen molar-refractivity contribution in [1.29, 1.82) is 0 Å². The molecule has 0 saturated carbocycles. The van der Waals surface area contributed by atoms with Crippen LogP contribution in [0, 0.1) is 0 Å². The van der Waals surface area contributed by atoms with E-state index in [1.165, 1.54) is 7.11 Å².